The van der Waals surface area contributed by atoms with Crippen molar-refractivity contribution in [2.45, 2.75) is 40.2 Å². The highest BCUT2D eigenvalue weighted by Gasteiger charge is 2.32. The largest absolute Gasteiger partial charge is 0.492 e. The Morgan fingerprint density at radius 1 is 1.37 bits per heavy atom. The van der Waals surface area contributed by atoms with E-state index in [0.717, 1.165) is 6.42 Å². The van der Waals surface area contributed by atoms with Gasteiger partial charge in [-0.1, -0.05) is 27.7 Å². The predicted octanol–water partition coefficient (Wildman–Crippen LogP) is 3.11. The van der Waals surface area contributed by atoms with Crippen LogP contribution in [0.15, 0.2) is 18.5 Å². The number of methoxy groups -OCH3 is 1. The molecule has 0 amide bonds. The predicted molar refractivity (Wildman–Crippen MR) is 74.6 cm³/mol. The molecule has 19 heavy (non-hydrogen) atoms. The highest BCUT2D eigenvalue weighted by molar-refractivity contribution is 6.00. The minimum absolute atomic E-state index is 0.0653. The third kappa shape index (κ3) is 4.31. The molecule has 1 heterocycles. The number of nitrogens with zero attached hydrogens (tertiary/aromatic N) is 1. The quantitative estimate of drug-likeness (QED) is 0.741. The molecule has 0 spiro atoms. The second kappa shape index (κ2) is 6.66. The summed E-state index contributed by atoms with van der Waals surface area (Å²) in [6, 6.07) is 1.72. The minimum atomic E-state index is -0.490. The summed E-state index contributed by atoms with van der Waals surface area (Å²) in [5.41, 5.74) is 0.266. The highest BCUT2D eigenvalue weighted by Crippen LogP contribution is 2.25. The molecule has 106 valence electrons. The first-order chi connectivity index (χ1) is 8.90. The van der Waals surface area contributed by atoms with Crippen LogP contribution < -0.4 is 4.74 Å². The number of hydrogen-bond acceptors (Lipinski definition) is 4. The van der Waals surface area contributed by atoms with Gasteiger partial charge in [-0.3, -0.25) is 9.78 Å². The molecule has 0 aromatic carbocycles. The van der Waals surface area contributed by atoms with Crippen molar-refractivity contribution in [3.8, 4) is 5.75 Å². The van der Waals surface area contributed by atoms with E-state index < -0.39 is 6.10 Å². The Morgan fingerprint density at radius 2 is 2.05 bits per heavy atom. The molecule has 0 aliphatic heterocycles. The lowest BCUT2D eigenvalue weighted by Gasteiger charge is -2.28. The zero-order valence-electron chi connectivity index (χ0n) is 12.4. The average molecular weight is 265 g/mol. The first kappa shape index (κ1) is 15.6. The summed E-state index contributed by atoms with van der Waals surface area (Å²) < 4.78 is 10.8. The summed E-state index contributed by atoms with van der Waals surface area (Å²) in [5.74, 6) is 0.556. The molecule has 1 aromatic rings. The van der Waals surface area contributed by atoms with Crippen LogP contribution in [-0.2, 0) is 4.74 Å². The standard InChI is InChI=1S/C15H23NO3/c1-6-7-19-12-8-11(9-16-10-12)13(17)14(18-5)15(2,3)4/h8-10,14H,6-7H2,1-5H3. The maximum atomic E-state index is 12.4. The molecule has 1 rings (SSSR count). The monoisotopic (exact) mass is 265 g/mol. The summed E-state index contributed by atoms with van der Waals surface area (Å²) in [5, 5.41) is 0. The Labute approximate surface area is 115 Å². The van der Waals surface area contributed by atoms with Crippen LogP contribution in [-0.4, -0.2) is 30.6 Å². The van der Waals surface area contributed by atoms with Crippen LogP contribution in [0.25, 0.3) is 0 Å². The van der Waals surface area contributed by atoms with Crippen molar-refractivity contribution in [1.29, 1.82) is 0 Å². The highest BCUT2D eigenvalue weighted by atomic mass is 16.5. The summed E-state index contributed by atoms with van der Waals surface area (Å²) in [7, 11) is 1.55. The van der Waals surface area contributed by atoms with Crippen LogP contribution in [0.1, 0.15) is 44.5 Å². The van der Waals surface area contributed by atoms with Crippen LogP contribution in [0.3, 0.4) is 0 Å². The molecule has 0 aliphatic carbocycles. The molecule has 0 saturated heterocycles. The lowest BCUT2D eigenvalue weighted by Crippen LogP contribution is -2.36. The normalized spacial score (nSPS) is 13.1. The SMILES string of the molecule is CCCOc1cncc(C(=O)C(OC)C(C)(C)C)c1. The van der Waals surface area contributed by atoms with Gasteiger partial charge in [-0.05, 0) is 17.9 Å². The van der Waals surface area contributed by atoms with Crippen molar-refractivity contribution in [2.75, 3.05) is 13.7 Å². The molecule has 4 nitrogen and oxygen atoms in total. The number of carbonyl (C=O) groups is 1. The molecule has 0 N–H and O–H groups in total. The van der Waals surface area contributed by atoms with Gasteiger partial charge in [0.15, 0.2) is 5.78 Å². The Hall–Kier alpha value is -1.42. The van der Waals surface area contributed by atoms with Gasteiger partial charge in [0.2, 0.25) is 0 Å². The summed E-state index contributed by atoms with van der Waals surface area (Å²) in [6.07, 6.45) is 3.60. The van der Waals surface area contributed by atoms with Crippen LogP contribution >= 0.6 is 0 Å². The minimum Gasteiger partial charge on any atom is -0.492 e. The molecule has 0 bridgehead atoms. The van der Waals surface area contributed by atoms with Gasteiger partial charge in [0.05, 0.1) is 12.8 Å². The molecule has 0 fully saturated rings. The average Bonchev–Trinajstić information content (AvgIpc) is 2.35. The summed E-state index contributed by atoms with van der Waals surface area (Å²) in [6.45, 7) is 8.58. The van der Waals surface area contributed by atoms with Crippen molar-refractivity contribution in [2.24, 2.45) is 5.41 Å². The molecule has 0 aliphatic rings. The third-order valence-corrected chi connectivity index (χ3v) is 2.73. The Morgan fingerprint density at radius 3 is 2.58 bits per heavy atom. The lowest BCUT2D eigenvalue weighted by molar-refractivity contribution is 0.0195. The van der Waals surface area contributed by atoms with Crippen molar-refractivity contribution >= 4 is 5.78 Å². The van der Waals surface area contributed by atoms with E-state index in [4.69, 9.17) is 9.47 Å². The second-order valence-electron chi connectivity index (χ2n) is 5.60. The fourth-order valence-corrected chi connectivity index (χ4v) is 1.86. The fourth-order valence-electron chi connectivity index (χ4n) is 1.86. The summed E-state index contributed by atoms with van der Waals surface area (Å²) in [4.78, 5) is 16.5. The van der Waals surface area contributed by atoms with Crippen LogP contribution in [0.5, 0.6) is 5.75 Å². The number of pyridine rings is 1. The molecule has 0 radical (unpaired) electrons. The Bertz CT molecular complexity index is 424. The van der Waals surface area contributed by atoms with Crippen molar-refractivity contribution in [3.63, 3.8) is 0 Å². The molecular formula is C15H23NO3. The van der Waals surface area contributed by atoms with Crippen molar-refractivity contribution in [3.05, 3.63) is 24.0 Å². The fraction of sp³-hybridized carbons (Fsp3) is 0.600. The van der Waals surface area contributed by atoms with Gasteiger partial charge >= 0.3 is 0 Å². The molecule has 1 unspecified atom stereocenters. The first-order valence-corrected chi connectivity index (χ1v) is 6.55. The maximum absolute atomic E-state index is 12.4. The van der Waals surface area contributed by atoms with E-state index in [-0.39, 0.29) is 11.2 Å². The van der Waals surface area contributed by atoms with E-state index >= 15 is 0 Å². The third-order valence-electron chi connectivity index (χ3n) is 2.73. The van der Waals surface area contributed by atoms with Gasteiger partial charge in [-0.2, -0.15) is 0 Å². The van der Waals surface area contributed by atoms with E-state index in [1.165, 1.54) is 0 Å². The number of ether oxygens (including phenoxy) is 2. The Kier molecular flexibility index (Phi) is 5.48. The maximum Gasteiger partial charge on any atom is 0.193 e. The van der Waals surface area contributed by atoms with E-state index in [2.05, 4.69) is 4.98 Å². The molecular weight excluding hydrogens is 242 g/mol. The van der Waals surface area contributed by atoms with Gasteiger partial charge in [0.25, 0.3) is 0 Å². The molecule has 0 saturated carbocycles. The van der Waals surface area contributed by atoms with Crippen molar-refractivity contribution in [1.82, 2.24) is 4.98 Å². The smallest absolute Gasteiger partial charge is 0.193 e. The summed E-state index contributed by atoms with van der Waals surface area (Å²) >= 11 is 0. The van der Waals surface area contributed by atoms with Crippen molar-refractivity contribution < 1.29 is 14.3 Å². The number of aromatic nitrogens is 1. The van der Waals surface area contributed by atoms with E-state index in [9.17, 15) is 4.79 Å². The molecule has 1 atom stereocenters. The number of Topliss-reactive ketones (excluding diaryl/α,β-unsaturated/α-hetero) is 1. The number of ketones is 1. The second-order valence-corrected chi connectivity index (χ2v) is 5.60. The first-order valence-electron chi connectivity index (χ1n) is 6.55. The van der Waals surface area contributed by atoms with Gasteiger partial charge in [0.1, 0.15) is 11.9 Å². The van der Waals surface area contributed by atoms with Gasteiger partial charge < -0.3 is 9.47 Å². The Balaban J connectivity index is 2.92. The van der Waals surface area contributed by atoms with Gasteiger partial charge in [0, 0.05) is 18.9 Å². The molecule has 4 heteroatoms. The topological polar surface area (TPSA) is 48.4 Å². The molecule has 1 aromatic heterocycles. The lowest BCUT2D eigenvalue weighted by atomic mass is 9.84. The van der Waals surface area contributed by atoms with E-state index in [1.54, 1.807) is 25.6 Å². The van der Waals surface area contributed by atoms with Crippen LogP contribution in [0.4, 0.5) is 0 Å². The number of hydrogen-bond donors (Lipinski definition) is 0. The van der Waals surface area contributed by atoms with Crippen LogP contribution in [0.2, 0.25) is 0 Å². The zero-order chi connectivity index (χ0) is 14.5. The van der Waals surface area contributed by atoms with Gasteiger partial charge in [-0.25, -0.2) is 0 Å². The number of carbonyl (C=O) groups excluding carboxylic acids is 1. The van der Waals surface area contributed by atoms with Gasteiger partial charge in [-0.15, -0.1) is 0 Å². The zero-order valence-corrected chi connectivity index (χ0v) is 12.4. The number of rotatable bonds is 6. The van der Waals surface area contributed by atoms with E-state index in [0.29, 0.717) is 17.9 Å². The van der Waals surface area contributed by atoms with E-state index in [1.807, 2.05) is 27.7 Å². The van der Waals surface area contributed by atoms with Crippen LogP contribution in [0, 0.1) is 5.41 Å².